The van der Waals surface area contributed by atoms with E-state index in [0.717, 1.165) is 22.3 Å². The van der Waals surface area contributed by atoms with E-state index in [-0.39, 0.29) is 28.7 Å². The Hall–Kier alpha value is -4.91. The molecule has 0 aliphatic carbocycles. The van der Waals surface area contributed by atoms with Crippen LogP contribution >= 0.6 is 11.6 Å². The molecule has 5 rings (SSSR count). The number of nitrogens with one attached hydrogen (secondary N) is 1. The first kappa shape index (κ1) is 35.4. The monoisotopic (exact) mass is 692 g/mol. The van der Waals surface area contributed by atoms with Gasteiger partial charge in [0.05, 0.1) is 22.4 Å². The molecule has 0 spiro atoms. The van der Waals surface area contributed by atoms with Crippen LogP contribution in [0.5, 0.6) is 0 Å². The molecular formula is C35H39ClF2N8O3. The summed E-state index contributed by atoms with van der Waals surface area (Å²) in [6.07, 6.45) is -0.670. The van der Waals surface area contributed by atoms with E-state index in [1.165, 1.54) is 17.0 Å². The third-order valence-corrected chi connectivity index (χ3v) is 8.07. The van der Waals surface area contributed by atoms with Crippen molar-refractivity contribution < 1.29 is 23.1 Å². The molecular weight excluding hydrogens is 654 g/mol. The highest BCUT2D eigenvalue weighted by molar-refractivity contribution is 6.32. The van der Waals surface area contributed by atoms with E-state index in [1.54, 1.807) is 33.0 Å². The normalized spacial score (nSPS) is 17.3. The van der Waals surface area contributed by atoms with Gasteiger partial charge in [0, 0.05) is 17.3 Å². The third-order valence-electron chi connectivity index (χ3n) is 7.75. The standard InChI is InChI=1S/C35H39ClF2N8O3/c1-33(2,3)19-35(23-13-10-21(11-14-23)25-9-7-8-16-40-25)30(47)45(31(39)43-35)27(18-49-32(48)44-34(4,5)6)22-12-15-24(36)26(17-22)46-29(28(37)38)41-20-42-46/h7-17,20,27-28H,18-19H2,1-6H3,(H2,39,43)(H,44,48)/t27-,35-/m1/s1. The first-order chi connectivity index (χ1) is 23.0. The van der Waals surface area contributed by atoms with Gasteiger partial charge in [-0.25, -0.2) is 28.2 Å². The Morgan fingerprint density at radius 3 is 2.37 bits per heavy atom. The number of pyridine rings is 1. The Labute approximate surface area is 288 Å². The predicted molar refractivity (Wildman–Crippen MR) is 182 cm³/mol. The number of aliphatic imine (C=N–C) groups is 1. The number of halogens is 3. The zero-order chi connectivity index (χ0) is 35.7. The van der Waals surface area contributed by atoms with E-state index in [4.69, 9.17) is 27.1 Å². The highest BCUT2D eigenvalue weighted by Crippen LogP contribution is 2.45. The number of alkyl carbamates (subject to hydrolysis) is 1. The van der Waals surface area contributed by atoms with Crippen LogP contribution in [0.1, 0.15) is 77.4 Å². The van der Waals surface area contributed by atoms with E-state index in [1.807, 2.05) is 63.2 Å². The van der Waals surface area contributed by atoms with Gasteiger partial charge in [0.15, 0.2) is 17.3 Å². The van der Waals surface area contributed by atoms with Gasteiger partial charge < -0.3 is 15.8 Å². The number of hydrogen-bond acceptors (Lipinski definition) is 8. The molecule has 49 heavy (non-hydrogen) atoms. The summed E-state index contributed by atoms with van der Waals surface area (Å²) in [6, 6.07) is 16.6. The smallest absolute Gasteiger partial charge is 0.407 e. The molecule has 1 aliphatic heterocycles. The predicted octanol–water partition coefficient (Wildman–Crippen LogP) is 6.97. The molecule has 2 amide bonds. The molecule has 2 aromatic carbocycles. The van der Waals surface area contributed by atoms with Crippen molar-refractivity contribution in [2.45, 2.75) is 71.5 Å². The molecule has 258 valence electrons. The van der Waals surface area contributed by atoms with Gasteiger partial charge in [0.2, 0.25) is 0 Å². The molecule has 2 aromatic heterocycles. The summed E-state index contributed by atoms with van der Waals surface area (Å²) in [5.74, 6) is -1.16. The summed E-state index contributed by atoms with van der Waals surface area (Å²) in [6.45, 7) is 11.0. The van der Waals surface area contributed by atoms with Gasteiger partial charge in [-0.05, 0) is 68.0 Å². The molecule has 2 atom stereocenters. The van der Waals surface area contributed by atoms with Gasteiger partial charge in [-0.1, -0.05) is 68.8 Å². The van der Waals surface area contributed by atoms with E-state index in [2.05, 4.69) is 20.4 Å². The molecule has 0 bridgehead atoms. The summed E-state index contributed by atoms with van der Waals surface area (Å²) >= 11 is 6.48. The van der Waals surface area contributed by atoms with Crippen LogP contribution in [0.3, 0.4) is 0 Å². The highest BCUT2D eigenvalue weighted by atomic mass is 35.5. The second-order valence-electron chi connectivity index (χ2n) is 14.1. The van der Waals surface area contributed by atoms with Crippen LogP contribution in [-0.2, 0) is 15.1 Å². The van der Waals surface area contributed by atoms with Crippen molar-refractivity contribution in [1.82, 2.24) is 30.0 Å². The molecule has 11 nitrogen and oxygen atoms in total. The van der Waals surface area contributed by atoms with Crippen LogP contribution in [-0.4, -0.2) is 54.8 Å². The second-order valence-corrected chi connectivity index (χ2v) is 14.5. The molecule has 0 unspecified atom stereocenters. The van der Waals surface area contributed by atoms with Gasteiger partial charge in [0.25, 0.3) is 12.3 Å². The number of rotatable bonds is 9. The number of amides is 2. The fourth-order valence-electron chi connectivity index (χ4n) is 5.83. The number of carbonyl (C=O) groups is 2. The summed E-state index contributed by atoms with van der Waals surface area (Å²) in [5.41, 5.74) is 6.91. The van der Waals surface area contributed by atoms with Gasteiger partial charge in [-0.2, -0.15) is 5.10 Å². The first-order valence-corrected chi connectivity index (χ1v) is 16.0. The second kappa shape index (κ2) is 13.5. The molecule has 0 radical (unpaired) electrons. The zero-order valence-corrected chi connectivity index (χ0v) is 28.9. The van der Waals surface area contributed by atoms with Crippen LogP contribution in [0, 0.1) is 5.41 Å². The van der Waals surface area contributed by atoms with Crippen molar-refractivity contribution >= 4 is 29.6 Å². The molecule has 0 saturated heterocycles. The maximum absolute atomic E-state index is 14.9. The van der Waals surface area contributed by atoms with Crippen LogP contribution in [0.15, 0.2) is 78.2 Å². The van der Waals surface area contributed by atoms with E-state index >= 15 is 0 Å². The molecule has 1 aliphatic rings. The van der Waals surface area contributed by atoms with Crippen molar-refractivity contribution in [3.63, 3.8) is 0 Å². The Balaban J connectivity index is 1.60. The lowest BCUT2D eigenvalue weighted by atomic mass is 9.75. The number of benzene rings is 2. The Morgan fingerprint density at radius 2 is 1.76 bits per heavy atom. The first-order valence-electron chi connectivity index (χ1n) is 15.6. The van der Waals surface area contributed by atoms with Crippen molar-refractivity contribution in [3.05, 3.63) is 95.2 Å². The minimum absolute atomic E-state index is 0.0873. The number of nitrogens with two attached hydrogens (primary N) is 1. The Morgan fingerprint density at radius 1 is 1.04 bits per heavy atom. The van der Waals surface area contributed by atoms with E-state index < -0.39 is 41.4 Å². The van der Waals surface area contributed by atoms with Crippen LogP contribution in [0.4, 0.5) is 13.6 Å². The van der Waals surface area contributed by atoms with E-state index in [0.29, 0.717) is 17.5 Å². The number of hydrogen-bond donors (Lipinski definition) is 2. The number of nitrogens with zero attached hydrogens (tertiary/aromatic N) is 6. The maximum Gasteiger partial charge on any atom is 0.407 e. The molecule has 0 saturated carbocycles. The summed E-state index contributed by atoms with van der Waals surface area (Å²) < 4.78 is 34.2. The minimum atomic E-state index is -2.94. The van der Waals surface area contributed by atoms with Gasteiger partial charge in [-0.15, -0.1) is 0 Å². The van der Waals surface area contributed by atoms with Crippen molar-refractivity contribution in [3.8, 4) is 16.9 Å². The zero-order valence-electron chi connectivity index (χ0n) is 28.1. The fourth-order valence-corrected chi connectivity index (χ4v) is 6.02. The quantitative estimate of drug-likeness (QED) is 0.193. The van der Waals surface area contributed by atoms with Gasteiger partial charge in [-0.3, -0.25) is 14.7 Å². The lowest BCUT2D eigenvalue weighted by Gasteiger charge is -2.35. The minimum Gasteiger partial charge on any atom is -0.447 e. The van der Waals surface area contributed by atoms with E-state index in [9.17, 15) is 18.4 Å². The average molecular weight is 693 g/mol. The third kappa shape index (κ3) is 7.72. The van der Waals surface area contributed by atoms with Crippen LogP contribution < -0.4 is 11.1 Å². The number of ether oxygens (including phenoxy) is 1. The molecule has 3 heterocycles. The highest BCUT2D eigenvalue weighted by Gasteiger charge is 2.53. The van der Waals surface area contributed by atoms with Crippen LogP contribution in [0.25, 0.3) is 16.9 Å². The summed E-state index contributed by atoms with van der Waals surface area (Å²) in [7, 11) is 0. The van der Waals surface area contributed by atoms with Crippen LogP contribution in [0.2, 0.25) is 5.02 Å². The lowest BCUT2D eigenvalue weighted by Crippen LogP contribution is -2.48. The molecule has 14 heteroatoms. The molecule has 4 aromatic rings. The number of alkyl halides is 2. The van der Waals surface area contributed by atoms with Gasteiger partial charge >= 0.3 is 6.09 Å². The van der Waals surface area contributed by atoms with Crippen molar-refractivity contribution in [1.29, 1.82) is 0 Å². The number of guanidine groups is 1. The van der Waals surface area contributed by atoms with Crippen molar-refractivity contribution in [2.24, 2.45) is 16.1 Å². The topological polar surface area (TPSA) is 141 Å². The van der Waals surface area contributed by atoms with Crippen molar-refractivity contribution in [2.75, 3.05) is 6.61 Å². The Bertz CT molecular complexity index is 1850. The number of aromatic nitrogens is 4. The van der Waals surface area contributed by atoms with Gasteiger partial charge in [0.1, 0.15) is 12.9 Å². The molecule has 0 fully saturated rings. The lowest BCUT2D eigenvalue weighted by molar-refractivity contribution is -0.135. The summed E-state index contributed by atoms with van der Waals surface area (Å²) in [4.78, 5) is 42.0. The average Bonchev–Trinajstić information content (AvgIpc) is 3.60. The fraction of sp³-hybridized carbons (Fsp3) is 0.371. The SMILES string of the molecule is CC(C)(C)C[C@]1(c2ccc(-c3ccccn3)cc2)N=C(N)N([C@H](COC(=O)NC(C)(C)C)c2ccc(Cl)c(-n3ncnc3C(F)F)c2)C1=O. The largest absolute Gasteiger partial charge is 0.447 e. The number of carbonyl (C=O) groups excluding carboxylic acids is 2. The maximum atomic E-state index is 14.9. The Kier molecular flexibility index (Phi) is 9.78. The molecule has 3 N–H and O–H groups in total. The summed E-state index contributed by atoms with van der Waals surface area (Å²) in [5, 5.41) is 6.79.